The number of hydrogen-bond donors (Lipinski definition) is 1. The number of piperidine rings is 1. The number of rotatable bonds is 3. The minimum atomic E-state index is -0.102. The number of aromatic nitrogens is 2. The molecule has 1 N–H and O–H groups in total. The summed E-state index contributed by atoms with van der Waals surface area (Å²) in [6.07, 6.45) is 9.16. The molecule has 2 spiro atoms. The molecule has 7 heteroatoms. The Morgan fingerprint density at radius 2 is 2.20 bits per heavy atom. The minimum Gasteiger partial charge on any atom is -0.474 e. The van der Waals surface area contributed by atoms with Gasteiger partial charge in [0.2, 0.25) is 5.88 Å². The highest BCUT2D eigenvalue weighted by Gasteiger charge is 2.77. The Labute approximate surface area is 146 Å². The van der Waals surface area contributed by atoms with Gasteiger partial charge >= 0.3 is 0 Å². The average molecular weight is 341 g/mol. The van der Waals surface area contributed by atoms with Gasteiger partial charge < -0.3 is 9.47 Å². The topological polar surface area (TPSA) is 71.9 Å². The molecule has 2 saturated heterocycles. The van der Waals surface area contributed by atoms with Gasteiger partial charge in [-0.2, -0.15) is 0 Å². The third-order valence-electron chi connectivity index (χ3n) is 6.84. The summed E-state index contributed by atoms with van der Waals surface area (Å²) < 4.78 is 12.3. The Morgan fingerprint density at radius 1 is 1.28 bits per heavy atom. The van der Waals surface area contributed by atoms with Crippen LogP contribution in [0, 0.1) is 5.92 Å². The van der Waals surface area contributed by atoms with Crippen LogP contribution < -0.4 is 10.1 Å². The summed E-state index contributed by atoms with van der Waals surface area (Å²) in [5.74, 6) is 1.97. The van der Waals surface area contributed by atoms with Crippen molar-refractivity contribution in [2.75, 3.05) is 25.0 Å². The highest BCUT2D eigenvalue weighted by molar-refractivity contribution is 5.89. The molecule has 0 aromatic carbocycles. The molecule has 2 saturated carbocycles. The number of ether oxygens (including phenoxy) is 2. The van der Waals surface area contributed by atoms with Gasteiger partial charge in [-0.15, -0.1) is 0 Å². The normalized spacial score (nSPS) is 38.7. The van der Waals surface area contributed by atoms with Crippen LogP contribution in [0.2, 0.25) is 0 Å². The maximum Gasteiger partial charge on any atom is 0.291 e. The fraction of sp³-hybridized carbons (Fsp3) is 0.722. The Bertz CT molecular complexity index is 749. The van der Waals surface area contributed by atoms with Crippen LogP contribution >= 0.6 is 0 Å². The zero-order valence-electron chi connectivity index (χ0n) is 14.3. The second kappa shape index (κ2) is 4.84. The number of amidine groups is 1. The van der Waals surface area contributed by atoms with Gasteiger partial charge in [0.15, 0.2) is 0 Å². The van der Waals surface area contributed by atoms with Crippen LogP contribution in [0.4, 0.5) is 5.82 Å². The summed E-state index contributed by atoms with van der Waals surface area (Å²) in [5.41, 5.74) is 0.372. The fourth-order valence-electron chi connectivity index (χ4n) is 5.37. The quantitative estimate of drug-likeness (QED) is 0.904. The van der Waals surface area contributed by atoms with Crippen molar-refractivity contribution in [2.24, 2.45) is 10.9 Å². The first-order chi connectivity index (χ1) is 12.3. The van der Waals surface area contributed by atoms with Crippen LogP contribution in [0.15, 0.2) is 17.4 Å². The molecule has 3 aliphatic heterocycles. The van der Waals surface area contributed by atoms with Crippen molar-refractivity contribution in [3.8, 4) is 5.88 Å². The summed E-state index contributed by atoms with van der Waals surface area (Å²) in [7, 11) is 0. The lowest BCUT2D eigenvalue weighted by molar-refractivity contribution is 0.0433. The number of nitrogens with one attached hydrogen (secondary N) is 1. The van der Waals surface area contributed by atoms with Crippen LogP contribution in [0.3, 0.4) is 0 Å². The Kier molecular flexibility index (Phi) is 2.77. The molecular weight excluding hydrogens is 318 g/mol. The molecule has 6 rings (SSSR count). The van der Waals surface area contributed by atoms with Gasteiger partial charge in [0.25, 0.3) is 6.02 Å². The fourth-order valence-corrected chi connectivity index (χ4v) is 5.37. The molecule has 132 valence electrons. The predicted octanol–water partition coefficient (Wildman–Crippen LogP) is 1.81. The van der Waals surface area contributed by atoms with Gasteiger partial charge in [0.05, 0.1) is 6.54 Å². The van der Waals surface area contributed by atoms with Crippen molar-refractivity contribution in [3.05, 3.63) is 12.4 Å². The first-order valence-electron chi connectivity index (χ1n) is 9.50. The molecule has 3 atom stereocenters. The Hall–Kier alpha value is -1.89. The molecule has 5 aliphatic rings. The van der Waals surface area contributed by atoms with E-state index in [1.54, 1.807) is 0 Å². The van der Waals surface area contributed by atoms with Crippen molar-refractivity contribution in [1.82, 2.24) is 14.9 Å². The zero-order chi connectivity index (χ0) is 16.5. The second-order valence-electron chi connectivity index (χ2n) is 8.21. The Morgan fingerprint density at radius 3 is 2.92 bits per heavy atom. The molecule has 2 aliphatic carbocycles. The molecule has 0 radical (unpaired) electrons. The highest BCUT2D eigenvalue weighted by atomic mass is 16.5. The van der Waals surface area contributed by atoms with Crippen molar-refractivity contribution >= 4 is 11.8 Å². The molecular formula is C18H23N5O2. The van der Waals surface area contributed by atoms with E-state index in [9.17, 15) is 0 Å². The number of anilines is 1. The van der Waals surface area contributed by atoms with Crippen LogP contribution in [-0.2, 0) is 4.74 Å². The largest absolute Gasteiger partial charge is 0.474 e. The van der Waals surface area contributed by atoms with E-state index in [4.69, 9.17) is 9.47 Å². The molecule has 4 fully saturated rings. The number of fused-ring (bicyclic) bond motifs is 1. The molecule has 7 nitrogen and oxygen atoms in total. The standard InChI is InChI=1S/C18H23N5O2/c1-2-4-12(3-1)24-15-7-14(20-11-21-15)22-16-19-9-18(25-16)10-23-6-5-17(23)8-13(17)18/h7,11-13H,1-6,8-10H2,(H,19,20,21,22)/t13?,17?,18-/m0/s1. The maximum atomic E-state index is 6.31. The molecule has 4 heterocycles. The predicted molar refractivity (Wildman–Crippen MR) is 91.7 cm³/mol. The lowest BCUT2D eigenvalue weighted by Gasteiger charge is -2.39. The molecule has 25 heavy (non-hydrogen) atoms. The minimum absolute atomic E-state index is 0.102. The summed E-state index contributed by atoms with van der Waals surface area (Å²) in [6, 6.07) is 2.44. The summed E-state index contributed by atoms with van der Waals surface area (Å²) >= 11 is 0. The molecule has 0 bridgehead atoms. The molecule has 2 unspecified atom stereocenters. The van der Waals surface area contributed by atoms with E-state index in [0.29, 0.717) is 35.3 Å². The highest BCUT2D eigenvalue weighted by Crippen LogP contribution is 2.67. The van der Waals surface area contributed by atoms with Crippen LogP contribution in [-0.4, -0.2) is 57.8 Å². The van der Waals surface area contributed by atoms with Crippen LogP contribution in [0.1, 0.15) is 38.5 Å². The van der Waals surface area contributed by atoms with Crippen molar-refractivity contribution in [1.29, 1.82) is 0 Å². The van der Waals surface area contributed by atoms with Crippen molar-refractivity contribution in [3.63, 3.8) is 0 Å². The summed E-state index contributed by atoms with van der Waals surface area (Å²) in [4.78, 5) is 15.7. The SMILES string of the molecule is c1nc(NC2=NC[C@@]3(CN4CCC45CC53)O2)cc(OC2CCCC2)n1. The van der Waals surface area contributed by atoms with Gasteiger partial charge in [-0.1, -0.05) is 0 Å². The van der Waals surface area contributed by atoms with Gasteiger partial charge in [-0.3, -0.25) is 10.2 Å². The van der Waals surface area contributed by atoms with Gasteiger partial charge in [0, 0.05) is 30.6 Å². The van der Waals surface area contributed by atoms with E-state index in [-0.39, 0.29) is 5.60 Å². The van der Waals surface area contributed by atoms with Gasteiger partial charge in [-0.05, 0) is 38.5 Å². The van der Waals surface area contributed by atoms with E-state index < -0.39 is 0 Å². The second-order valence-corrected chi connectivity index (χ2v) is 8.21. The lowest BCUT2D eigenvalue weighted by atomic mass is 9.98. The molecule has 1 aromatic rings. The van der Waals surface area contributed by atoms with E-state index in [0.717, 1.165) is 25.9 Å². The smallest absolute Gasteiger partial charge is 0.291 e. The van der Waals surface area contributed by atoms with E-state index in [1.807, 2.05) is 6.07 Å². The van der Waals surface area contributed by atoms with Crippen LogP contribution in [0.5, 0.6) is 5.88 Å². The van der Waals surface area contributed by atoms with Gasteiger partial charge in [-0.25, -0.2) is 15.0 Å². The number of nitrogens with zero attached hydrogens (tertiary/aromatic N) is 4. The Balaban J connectivity index is 1.13. The number of aliphatic imine (C=N–C) groups is 1. The van der Waals surface area contributed by atoms with Crippen LogP contribution in [0.25, 0.3) is 0 Å². The monoisotopic (exact) mass is 341 g/mol. The van der Waals surface area contributed by atoms with E-state index >= 15 is 0 Å². The zero-order valence-corrected chi connectivity index (χ0v) is 14.3. The third-order valence-corrected chi connectivity index (χ3v) is 6.84. The first kappa shape index (κ1) is 14.3. The maximum absolute atomic E-state index is 6.31. The molecule has 0 amide bonds. The van der Waals surface area contributed by atoms with Gasteiger partial charge in [0.1, 0.15) is 23.9 Å². The van der Waals surface area contributed by atoms with Crippen molar-refractivity contribution < 1.29 is 9.47 Å². The lowest BCUT2D eigenvalue weighted by Crippen LogP contribution is -2.49. The summed E-state index contributed by atoms with van der Waals surface area (Å²) in [5, 5.41) is 3.22. The molecule has 1 aromatic heterocycles. The summed E-state index contributed by atoms with van der Waals surface area (Å²) in [6.45, 7) is 3.00. The van der Waals surface area contributed by atoms with E-state index in [1.165, 1.54) is 38.6 Å². The number of hydrogen-bond acceptors (Lipinski definition) is 7. The van der Waals surface area contributed by atoms with Crippen molar-refractivity contribution in [2.45, 2.75) is 55.8 Å². The average Bonchev–Trinajstić information content (AvgIpc) is 2.91. The third kappa shape index (κ3) is 2.05. The first-order valence-corrected chi connectivity index (χ1v) is 9.50. The van der Waals surface area contributed by atoms with E-state index in [2.05, 4.69) is 25.2 Å².